The van der Waals surface area contributed by atoms with Crippen LogP contribution in [0, 0.1) is 11.6 Å². The second kappa shape index (κ2) is 6.46. The molecule has 2 aromatic carbocycles. The molecule has 2 aliphatic heterocycles. The van der Waals surface area contributed by atoms with Gasteiger partial charge in [0, 0.05) is 12.2 Å². The number of fused-ring (bicyclic) bond motifs is 2. The van der Waals surface area contributed by atoms with E-state index in [1.807, 2.05) is 0 Å². The van der Waals surface area contributed by atoms with Gasteiger partial charge in [-0.1, -0.05) is 6.07 Å². The van der Waals surface area contributed by atoms with Crippen LogP contribution in [0.25, 0.3) is 0 Å². The summed E-state index contributed by atoms with van der Waals surface area (Å²) < 4.78 is 27.5. The minimum absolute atomic E-state index is 0.196. The van der Waals surface area contributed by atoms with Crippen molar-refractivity contribution < 1.29 is 23.2 Å². The van der Waals surface area contributed by atoms with Gasteiger partial charge in [0.1, 0.15) is 23.2 Å². The molecule has 0 bridgehead atoms. The van der Waals surface area contributed by atoms with Crippen LogP contribution in [-0.4, -0.2) is 35.2 Å². The molecule has 0 radical (unpaired) electrons. The summed E-state index contributed by atoms with van der Waals surface area (Å²) in [5.41, 5.74) is 0.0577. The molecule has 4 rings (SSSR count). The second-order valence-corrected chi connectivity index (χ2v) is 6.46. The molecule has 0 aromatic heterocycles. The third-order valence-corrected chi connectivity index (χ3v) is 4.77. The van der Waals surface area contributed by atoms with E-state index in [4.69, 9.17) is 0 Å². The van der Waals surface area contributed by atoms with Crippen molar-refractivity contribution in [3.05, 3.63) is 59.2 Å². The lowest BCUT2D eigenvalue weighted by atomic mass is 10.1. The highest BCUT2D eigenvalue weighted by Gasteiger charge is 2.38. The van der Waals surface area contributed by atoms with Crippen molar-refractivity contribution in [1.82, 2.24) is 4.90 Å². The zero-order chi connectivity index (χ0) is 19.1. The van der Waals surface area contributed by atoms with E-state index in [-0.39, 0.29) is 23.1 Å². The molecule has 6 nitrogen and oxygen atoms in total. The second-order valence-electron chi connectivity index (χ2n) is 6.46. The number of carbonyl (C=O) groups is 3. The molecule has 0 saturated carbocycles. The summed E-state index contributed by atoms with van der Waals surface area (Å²) in [5.74, 6) is -3.49. The normalized spacial score (nSPS) is 18.4. The van der Waals surface area contributed by atoms with Crippen LogP contribution in [0.1, 0.15) is 33.6 Å². The first-order valence-electron chi connectivity index (χ1n) is 8.47. The predicted octanol–water partition coefficient (Wildman–Crippen LogP) is 2.77. The quantitative estimate of drug-likeness (QED) is 0.852. The molecule has 138 valence electrons. The van der Waals surface area contributed by atoms with E-state index in [9.17, 15) is 23.2 Å². The summed E-state index contributed by atoms with van der Waals surface area (Å²) in [6.45, 7) is 0.480. The summed E-state index contributed by atoms with van der Waals surface area (Å²) >= 11 is 0. The zero-order valence-electron chi connectivity index (χ0n) is 14.1. The van der Waals surface area contributed by atoms with Gasteiger partial charge in [-0.05, 0) is 43.2 Å². The van der Waals surface area contributed by atoms with E-state index in [0.717, 1.165) is 24.6 Å². The Morgan fingerprint density at radius 1 is 1.15 bits per heavy atom. The van der Waals surface area contributed by atoms with Crippen molar-refractivity contribution in [2.75, 3.05) is 17.2 Å². The average molecular weight is 371 g/mol. The van der Waals surface area contributed by atoms with E-state index in [1.165, 1.54) is 23.1 Å². The van der Waals surface area contributed by atoms with Gasteiger partial charge in [0.2, 0.25) is 5.91 Å². The standard InChI is InChI=1S/C19H15F2N3O3/c20-12-3-1-4-13(21)16(12)18(26)22-10-6-7-14-11(9-10)19(27)24-8-2-5-15(24)17(25)23-14/h1,3-4,6-7,9,15H,2,5,8H2,(H,22,26)(H,23,25)/t15-/m1/s1. The molecular weight excluding hydrogens is 356 g/mol. The number of nitrogens with zero attached hydrogens (tertiary/aromatic N) is 1. The number of anilines is 2. The monoisotopic (exact) mass is 371 g/mol. The highest BCUT2D eigenvalue weighted by molar-refractivity contribution is 6.11. The smallest absolute Gasteiger partial charge is 0.261 e. The Balaban J connectivity index is 1.65. The maximum absolute atomic E-state index is 13.8. The van der Waals surface area contributed by atoms with E-state index >= 15 is 0 Å². The Kier molecular flexibility index (Phi) is 4.10. The van der Waals surface area contributed by atoms with Gasteiger partial charge >= 0.3 is 0 Å². The van der Waals surface area contributed by atoms with Gasteiger partial charge in [0.25, 0.3) is 11.8 Å². The lowest BCUT2D eigenvalue weighted by Crippen LogP contribution is -2.40. The van der Waals surface area contributed by atoms with Gasteiger partial charge in [0.15, 0.2) is 0 Å². The minimum atomic E-state index is -0.981. The summed E-state index contributed by atoms with van der Waals surface area (Å²) in [6.07, 6.45) is 1.34. The van der Waals surface area contributed by atoms with Gasteiger partial charge in [-0.3, -0.25) is 14.4 Å². The molecule has 2 aliphatic rings. The summed E-state index contributed by atoms with van der Waals surface area (Å²) in [5, 5.41) is 5.12. The fourth-order valence-electron chi connectivity index (χ4n) is 3.47. The van der Waals surface area contributed by atoms with Gasteiger partial charge in [-0.2, -0.15) is 0 Å². The first-order chi connectivity index (χ1) is 13.0. The molecule has 0 unspecified atom stereocenters. The Morgan fingerprint density at radius 2 is 1.89 bits per heavy atom. The molecule has 2 N–H and O–H groups in total. The van der Waals surface area contributed by atoms with Gasteiger partial charge in [-0.15, -0.1) is 0 Å². The predicted molar refractivity (Wildman–Crippen MR) is 93.4 cm³/mol. The van der Waals surface area contributed by atoms with Gasteiger partial charge < -0.3 is 15.5 Å². The topological polar surface area (TPSA) is 78.5 Å². The maximum atomic E-state index is 13.8. The van der Waals surface area contributed by atoms with E-state index in [0.29, 0.717) is 18.7 Å². The number of hydrogen-bond acceptors (Lipinski definition) is 3. The molecule has 2 aromatic rings. The SMILES string of the molecule is O=C(Nc1ccc2c(c1)C(=O)N1CCC[C@@H]1C(=O)N2)c1c(F)cccc1F. The Hall–Kier alpha value is -3.29. The summed E-state index contributed by atoms with van der Waals surface area (Å²) in [4.78, 5) is 38.8. The highest BCUT2D eigenvalue weighted by atomic mass is 19.1. The molecule has 1 atom stereocenters. The molecule has 0 spiro atoms. The zero-order valence-corrected chi connectivity index (χ0v) is 14.1. The molecule has 27 heavy (non-hydrogen) atoms. The lowest BCUT2D eigenvalue weighted by Gasteiger charge is -2.20. The van der Waals surface area contributed by atoms with Crippen molar-refractivity contribution in [1.29, 1.82) is 0 Å². The molecule has 1 fully saturated rings. The summed E-state index contributed by atoms with van der Waals surface area (Å²) in [7, 11) is 0. The Labute approximate surface area is 153 Å². The number of benzene rings is 2. The molecule has 0 aliphatic carbocycles. The van der Waals surface area contributed by atoms with Crippen LogP contribution >= 0.6 is 0 Å². The van der Waals surface area contributed by atoms with Crippen LogP contribution in [0.15, 0.2) is 36.4 Å². The minimum Gasteiger partial charge on any atom is -0.327 e. The molecular formula is C19H15F2N3O3. The summed E-state index contributed by atoms with van der Waals surface area (Å²) in [6, 6.07) is 6.98. The number of hydrogen-bond donors (Lipinski definition) is 2. The van der Waals surface area contributed by atoms with Crippen LogP contribution in [0.3, 0.4) is 0 Å². The van der Waals surface area contributed by atoms with E-state index < -0.39 is 29.1 Å². The molecule has 2 heterocycles. The van der Waals surface area contributed by atoms with E-state index in [1.54, 1.807) is 0 Å². The van der Waals surface area contributed by atoms with Crippen molar-refractivity contribution in [3.63, 3.8) is 0 Å². The van der Waals surface area contributed by atoms with Crippen molar-refractivity contribution >= 4 is 29.1 Å². The van der Waals surface area contributed by atoms with Crippen LogP contribution in [-0.2, 0) is 4.79 Å². The van der Waals surface area contributed by atoms with Crippen molar-refractivity contribution in [2.24, 2.45) is 0 Å². The molecule has 8 heteroatoms. The van der Waals surface area contributed by atoms with Crippen molar-refractivity contribution in [3.8, 4) is 0 Å². The van der Waals surface area contributed by atoms with Crippen LogP contribution in [0.5, 0.6) is 0 Å². The van der Waals surface area contributed by atoms with E-state index in [2.05, 4.69) is 10.6 Å². The molecule has 3 amide bonds. The largest absolute Gasteiger partial charge is 0.327 e. The Morgan fingerprint density at radius 3 is 2.63 bits per heavy atom. The fourth-order valence-corrected chi connectivity index (χ4v) is 3.47. The number of nitrogens with one attached hydrogen (secondary N) is 2. The van der Waals surface area contributed by atoms with Crippen LogP contribution in [0.4, 0.5) is 20.2 Å². The van der Waals surface area contributed by atoms with Crippen molar-refractivity contribution in [2.45, 2.75) is 18.9 Å². The Bertz CT molecular complexity index is 956. The fraction of sp³-hybridized carbons (Fsp3) is 0.211. The van der Waals surface area contributed by atoms with Crippen LogP contribution in [0.2, 0.25) is 0 Å². The maximum Gasteiger partial charge on any atom is 0.261 e. The third-order valence-electron chi connectivity index (χ3n) is 4.77. The third kappa shape index (κ3) is 2.92. The number of rotatable bonds is 2. The first kappa shape index (κ1) is 17.1. The number of halogens is 2. The van der Waals surface area contributed by atoms with Crippen LogP contribution < -0.4 is 10.6 Å². The highest BCUT2D eigenvalue weighted by Crippen LogP contribution is 2.30. The molecule has 1 saturated heterocycles. The first-order valence-corrected chi connectivity index (χ1v) is 8.47. The number of carbonyl (C=O) groups excluding carboxylic acids is 3. The average Bonchev–Trinajstić information content (AvgIpc) is 3.09. The van der Waals surface area contributed by atoms with Gasteiger partial charge in [-0.25, -0.2) is 8.78 Å². The number of amides is 3. The lowest BCUT2D eigenvalue weighted by molar-refractivity contribution is -0.119. The van der Waals surface area contributed by atoms with Gasteiger partial charge in [0.05, 0.1) is 11.3 Å².